The Kier molecular flexibility index (Phi) is 3.89. The maximum Gasteiger partial charge on any atom is 0.0637 e. The number of benzene rings is 1. The first-order chi connectivity index (χ1) is 5.86. The molecule has 0 saturated heterocycles. The number of halogens is 2. The first-order valence-electron chi connectivity index (χ1n) is 4.34. The highest BCUT2D eigenvalue weighted by Crippen LogP contribution is 2.30. The minimum Gasteiger partial charge on any atom is -0.384 e. The second kappa shape index (κ2) is 4.73. The van der Waals surface area contributed by atoms with Crippen LogP contribution in [0.1, 0.15) is 12.8 Å². The van der Waals surface area contributed by atoms with Crippen LogP contribution in [-0.2, 0) is 0 Å². The minimum atomic E-state index is 0. The van der Waals surface area contributed by atoms with E-state index in [1.54, 1.807) is 0 Å². The van der Waals surface area contributed by atoms with Gasteiger partial charge >= 0.3 is 0 Å². The average molecular weight is 218 g/mol. The molecule has 1 aromatic carbocycles. The van der Waals surface area contributed by atoms with Crippen molar-refractivity contribution in [1.82, 2.24) is 0 Å². The van der Waals surface area contributed by atoms with Crippen molar-refractivity contribution < 1.29 is 0 Å². The van der Waals surface area contributed by atoms with Crippen molar-refractivity contribution in [2.24, 2.45) is 5.92 Å². The Morgan fingerprint density at radius 2 is 2.00 bits per heavy atom. The molecule has 1 nitrogen and oxygen atoms in total. The van der Waals surface area contributed by atoms with Gasteiger partial charge in [-0.05, 0) is 30.9 Å². The van der Waals surface area contributed by atoms with Gasteiger partial charge in [0.15, 0.2) is 0 Å². The Hall–Kier alpha value is -0.400. The Labute approximate surface area is 89.9 Å². The van der Waals surface area contributed by atoms with E-state index < -0.39 is 0 Å². The summed E-state index contributed by atoms with van der Waals surface area (Å²) in [4.78, 5) is 0. The van der Waals surface area contributed by atoms with Crippen LogP contribution in [0.3, 0.4) is 0 Å². The van der Waals surface area contributed by atoms with Gasteiger partial charge in [0.1, 0.15) is 0 Å². The van der Waals surface area contributed by atoms with E-state index in [1.807, 2.05) is 24.3 Å². The zero-order valence-corrected chi connectivity index (χ0v) is 8.87. The molecule has 2 rings (SSSR count). The van der Waals surface area contributed by atoms with Gasteiger partial charge in [-0.15, -0.1) is 12.4 Å². The van der Waals surface area contributed by atoms with Crippen molar-refractivity contribution in [1.29, 1.82) is 0 Å². The van der Waals surface area contributed by atoms with Crippen molar-refractivity contribution in [3.8, 4) is 0 Å². The minimum absolute atomic E-state index is 0. The highest BCUT2D eigenvalue weighted by Gasteiger charge is 2.20. The van der Waals surface area contributed by atoms with E-state index in [4.69, 9.17) is 11.6 Å². The lowest BCUT2D eigenvalue weighted by atomic mass is 10.3. The van der Waals surface area contributed by atoms with Gasteiger partial charge in [-0.3, -0.25) is 0 Å². The van der Waals surface area contributed by atoms with Gasteiger partial charge in [0.25, 0.3) is 0 Å². The number of para-hydroxylation sites is 1. The quantitative estimate of drug-likeness (QED) is 0.817. The molecule has 1 aliphatic rings. The van der Waals surface area contributed by atoms with Crippen LogP contribution in [0.5, 0.6) is 0 Å². The molecule has 0 aromatic heterocycles. The summed E-state index contributed by atoms with van der Waals surface area (Å²) in [7, 11) is 0. The van der Waals surface area contributed by atoms with E-state index in [-0.39, 0.29) is 12.4 Å². The zero-order valence-electron chi connectivity index (χ0n) is 7.29. The lowest BCUT2D eigenvalue weighted by Crippen LogP contribution is -2.03. The molecule has 1 aliphatic carbocycles. The lowest BCUT2D eigenvalue weighted by Gasteiger charge is -2.06. The predicted octanol–water partition coefficient (Wildman–Crippen LogP) is 3.58. The van der Waals surface area contributed by atoms with Crippen LogP contribution in [0.25, 0.3) is 0 Å². The molecule has 0 unspecified atom stereocenters. The van der Waals surface area contributed by atoms with Crippen LogP contribution in [0, 0.1) is 5.92 Å². The van der Waals surface area contributed by atoms with E-state index in [0.29, 0.717) is 0 Å². The van der Waals surface area contributed by atoms with E-state index in [9.17, 15) is 0 Å². The first kappa shape index (κ1) is 10.7. The molecule has 0 atom stereocenters. The fourth-order valence-corrected chi connectivity index (χ4v) is 1.38. The molecule has 0 amide bonds. The summed E-state index contributed by atoms with van der Waals surface area (Å²) in [6.45, 7) is 1.07. The molecule has 0 radical (unpaired) electrons. The number of rotatable bonds is 3. The summed E-state index contributed by atoms with van der Waals surface area (Å²) in [6.07, 6.45) is 2.74. The number of hydrogen-bond donors (Lipinski definition) is 1. The van der Waals surface area contributed by atoms with Crippen molar-refractivity contribution in [2.75, 3.05) is 11.9 Å². The molecule has 0 heterocycles. The van der Waals surface area contributed by atoms with Crippen LogP contribution < -0.4 is 5.32 Å². The zero-order chi connectivity index (χ0) is 8.39. The van der Waals surface area contributed by atoms with Gasteiger partial charge in [-0.2, -0.15) is 0 Å². The fourth-order valence-electron chi connectivity index (χ4n) is 1.18. The van der Waals surface area contributed by atoms with Gasteiger partial charge in [0.2, 0.25) is 0 Å². The van der Waals surface area contributed by atoms with Gasteiger partial charge in [-0.1, -0.05) is 23.7 Å². The maximum absolute atomic E-state index is 5.97. The van der Waals surface area contributed by atoms with Gasteiger partial charge < -0.3 is 5.32 Å². The Morgan fingerprint density at radius 3 is 2.62 bits per heavy atom. The molecule has 1 saturated carbocycles. The van der Waals surface area contributed by atoms with Crippen molar-refractivity contribution >= 4 is 29.7 Å². The number of anilines is 1. The van der Waals surface area contributed by atoms with Crippen LogP contribution in [0.15, 0.2) is 24.3 Å². The van der Waals surface area contributed by atoms with Gasteiger partial charge in [0.05, 0.1) is 10.7 Å². The monoisotopic (exact) mass is 217 g/mol. The second-order valence-corrected chi connectivity index (χ2v) is 3.71. The predicted molar refractivity (Wildman–Crippen MR) is 59.9 cm³/mol. The first-order valence-corrected chi connectivity index (χ1v) is 4.72. The number of nitrogens with one attached hydrogen (secondary N) is 1. The summed E-state index contributed by atoms with van der Waals surface area (Å²) < 4.78 is 0. The third-order valence-corrected chi connectivity index (χ3v) is 2.48. The summed E-state index contributed by atoms with van der Waals surface area (Å²) in [6, 6.07) is 7.88. The molecule has 13 heavy (non-hydrogen) atoms. The molecular weight excluding hydrogens is 205 g/mol. The molecule has 1 N–H and O–H groups in total. The normalized spacial score (nSPS) is 14.8. The highest BCUT2D eigenvalue weighted by molar-refractivity contribution is 6.33. The second-order valence-electron chi connectivity index (χ2n) is 3.30. The summed E-state index contributed by atoms with van der Waals surface area (Å²) in [5.41, 5.74) is 1.06. The van der Waals surface area contributed by atoms with E-state index in [1.165, 1.54) is 12.8 Å². The number of hydrogen-bond acceptors (Lipinski definition) is 1. The molecule has 3 heteroatoms. The van der Waals surface area contributed by atoms with Crippen LogP contribution >= 0.6 is 24.0 Å². The highest BCUT2D eigenvalue weighted by atomic mass is 35.5. The standard InChI is InChI=1S/C10H12ClN.ClH/c11-9-3-1-2-4-10(9)12-7-8-5-6-8;/h1-4,8,12H,5-7H2;1H. The fraction of sp³-hybridized carbons (Fsp3) is 0.400. The van der Waals surface area contributed by atoms with Gasteiger partial charge in [-0.25, -0.2) is 0 Å². The Balaban J connectivity index is 0.000000845. The lowest BCUT2D eigenvalue weighted by molar-refractivity contribution is 0.889. The van der Waals surface area contributed by atoms with Crippen LogP contribution in [0.4, 0.5) is 5.69 Å². The molecule has 1 aromatic rings. The largest absolute Gasteiger partial charge is 0.384 e. The smallest absolute Gasteiger partial charge is 0.0637 e. The molecule has 0 spiro atoms. The molecule has 72 valence electrons. The summed E-state index contributed by atoms with van der Waals surface area (Å²) >= 11 is 5.97. The molecule has 1 fully saturated rings. The van der Waals surface area contributed by atoms with Crippen LogP contribution in [-0.4, -0.2) is 6.54 Å². The summed E-state index contributed by atoms with van der Waals surface area (Å²) in [5.74, 6) is 0.890. The molecular formula is C10H13Cl2N. The molecule has 0 aliphatic heterocycles. The molecule has 0 bridgehead atoms. The third-order valence-electron chi connectivity index (χ3n) is 2.15. The average Bonchev–Trinajstić information content (AvgIpc) is 2.86. The van der Waals surface area contributed by atoms with Crippen molar-refractivity contribution in [2.45, 2.75) is 12.8 Å². The Morgan fingerprint density at radius 1 is 1.31 bits per heavy atom. The van der Waals surface area contributed by atoms with Crippen molar-refractivity contribution in [3.63, 3.8) is 0 Å². The summed E-state index contributed by atoms with van der Waals surface area (Å²) in [5, 5.41) is 4.16. The van der Waals surface area contributed by atoms with Crippen LogP contribution in [0.2, 0.25) is 5.02 Å². The maximum atomic E-state index is 5.97. The van der Waals surface area contributed by atoms with E-state index >= 15 is 0 Å². The topological polar surface area (TPSA) is 12.0 Å². The van der Waals surface area contributed by atoms with Gasteiger partial charge in [0, 0.05) is 6.54 Å². The van der Waals surface area contributed by atoms with Crippen molar-refractivity contribution in [3.05, 3.63) is 29.3 Å². The SMILES string of the molecule is Cl.Clc1ccccc1NCC1CC1. The Bertz CT molecular complexity index is 271. The van der Waals surface area contributed by atoms with E-state index in [2.05, 4.69) is 5.32 Å². The van der Waals surface area contributed by atoms with E-state index in [0.717, 1.165) is 23.2 Å². The third kappa shape index (κ3) is 3.09.